The zero-order valence-corrected chi connectivity index (χ0v) is 20.6. The second kappa shape index (κ2) is 8.65. The summed E-state index contributed by atoms with van der Waals surface area (Å²) in [6.45, 7) is 3.34. The number of hydrogen-bond donors (Lipinski definition) is 1. The maximum Gasteiger partial charge on any atom is 0.338 e. The molecule has 2 aromatic carbocycles. The molecular formula is C26H25BrN2O5. The predicted octanol–water partition coefficient (Wildman–Crippen LogP) is 4.40. The highest BCUT2D eigenvalue weighted by atomic mass is 79.9. The summed E-state index contributed by atoms with van der Waals surface area (Å²) in [5.74, 6) is -1.34. The molecule has 0 radical (unpaired) electrons. The van der Waals surface area contributed by atoms with Gasteiger partial charge in [0, 0.05) is 10.2 Å². The largest absolute Gasteiger partial charge is 0.452 e. The van der Waals surface area contributed by atoms with E-state index in [1.807, 2.05) is 26.0 Å². The van der Waals surface area contributed by atoms with Gasteiger partial charge >= 0.3 is 5.97 Å². The molecule has 7 nitrogen and oxygen atoms in total. The molecule has 34 heavy (non-hydrogen) atoms. The molecule has 4 atom stereocenters. The second-order valence-electron chi connectivity index (χ2n) is 9.49. The number of hydrogen-bond acceptors (Lipinski definition) is 5. The summed E-state index contributed by atoms with van der Waals surface area (Å²) in [5.41, 5.74) is 3.06. The summed E-state index contributed by atoms with van der Waals surface area (Å²) in [7, 11) is 0. The number of ether oxygens (including phenoxy) is 1. The van der Waals surface area contributed by atoms with E-state index in [-0.39, 0.29) is 29.2 Å². The Morgan fingerprint density at radius 3 is 2.38 bits per heavy atom. The van der Waals surface area contributed by atoms with Crippen LogP contribution in [0.25, 0.3) is 0 Å². The first-order valence-corrected chi connectivity index (χ1v) is 12.3. The Hall–Kier alpha value is -3.00. The van der Waals surface area contributed by atoms with Crippen LogP contribution in [0.1, 0.15) is 40.7 Å². The van der Waals surface area contributed by atoms with Crippen molar-refractivity contribution in [3.8, 4) is 0 Å². The molecule has 2 aromatic rings. The van der Waals surface area contributed by atoms with Crippen molar-refractivity contribution in [3.63, 3.8) is 0 Å². The molecule has 176 valence electrons. The van der Waals surface area contributed by atoms with Crippen molar-refractivity contribution in [2.24, 2.45) is 23.7 Å². The van der Waals surface area contributed by atoms with E-state index >= 15 is 0 Å². The van der Waals surface area contributed by atoms with Crippen LogP contribution in [-0.4, -0.2) is 30.3 Å². The summed E-state index contributed by atoms with van der Waals surface area (Å²) in [4.78, 5) is 52.3. The zero-order valence-electron chi connectivity index (χ0n) is 19.0. The molecule has 2 saturated carbocycles. The maximum atomic E-state index is 13.1. The number of carbonyl (C=O) groups excluding carboxylic acids is 4. The Labute approximate surface area is 206 Å². The summed E-state index contributed by atoms with van der Waals surface area (Å²) >= 11 is 3.45. The number of carbonyl (C=O) groups is 4. The quantitative estimate of drug-likeness (QED) is 0.462. The molecule has 1 aliphatic heterocycles. The van der Waals surface area contributed by atoms with Crippen LogP contribution in [0.4, 0.5) is 11.4 Å². The smallest absolute Gasteiger partial charge is 0.338 e. The van der Waals surface area contributed by atoms with E-state index in [4.69, 9.17) is 4.74 Å². The van der Waals surface area contributed by atoms with Gasteiger partial charge in [-0.05, 0) is 86.4 Å². The number of nitrogens with one attached hydrogen (secondary N) is 1. The minimum absolute atomic E-state index is 0.160. The van der Waals surface area contributed by atoms with Gasteiger partial charge in [0.05, 0.1) is 23.1 Å². The van der Waals surface area contributed by atoms with Gasteiger partial charge < -0.3 is 10.1 Å². The molecule has 2 bridgehead atoms. The van der Waals surface area contributed by atoms with Crippen molar-refractivity contribution in [3.05, 3.63) is 57.6 Å². The number of rotatable bonds is 5. The molecule has 1 heterocycles. The van der Waals surface area contributed by atoms with Crippen molar-refractivity contribution in [2.45, 2.75) is 33.1 Å². The molecule has 5 rings (SSSR count). The number of benzene rings is 2. The summed E-state index contributed by atoms with van der Waals surface area (Å²) < 4.78 is 6.14. The van der Waals surface area contributed by atoms with Crippen molar-refractivity contribution in [2.75, 3.05) is 16.8 Å². The van der Waals surface area contributed by atoms with Crippen LogP contribution in [0.15, 0.2) is 40.9 Å². The maximum absolute atomic E-state index is 13.1. The summed E-state index contributed by atoms with van der Waals surface area (Å²) in [6, 6.07) is 10.0. The molecule has 2 aliphatic carbocycles. The average molecular weight is 525 g/mol. The van der Waals surface area contributed by atoms with Gasteiger partial charge in [-0.2, -0.15) is 0 Å². The first-order valence-electron chi connectivity index (χ1n) is 11.5. The van der Waals surface area contributed by atoms with Crippen LogP contribution >= 0.6 is 15.9 Å². The van der Waals surface area contributed by atoms with Crippen molar-refractivity contribution in [1.82, 2.24) is 0 Å². The number of nitrogens with zero attached hydrogens (tertiary/aromatic N) is 1. The highest BCUT2D eigenvalue weighted by Crippen LogP contribution is 2.56. The first-order chi connectivity index (χ1) is 16.2. The molecule has 1 saturated heterocycles. The van der Waals surface area contributed by atoms with E-state index in [1.165, 1.54) is 11.0 Å². The molecule has 3 amide bonds. The van der Waals surface area contributed by atoms with Gasteiger partial charge in [-0.25, -0.2) is 4.79 Å². The second-order valence-corrected chi connectivity index (χ2v) is 10.3. The number of halogens is 1. The molecule has 0 unspecified atom stereocenters. The lowest BCUT2D eigenvalue weighted by Crippen LogP contribution is -2.32. The predicted molar refractivity (Wildman–Crippen MR) is 129 cm³/mol. The van der Waals surface area contributed by atoms with Gasteiger partial charge in [-0.1, -0.05) is 22.0 Å². The Morgan fingerprint density at radius 1 is 1.03 bits per heavy atom. The van der Waals surface area contributed by atoms with Gasteiger partial charge in [0.1, 0.15) is 0 Å². The lowest BCUT2D eigenvalue weighted by Gasteiger charge is -2.19. The fourth-order valence-electron chi connectivity index (χ4n) is 5.75. The van der Waals surface area contributed by atoms with E-state index in [1.54, 1.807) is 18.2 Å². The van der Waals surface area contributed by atoms with Crippen LogP contribution in [0, 0.1) is 37.5 Å². The fraction of sp³-hybridized carbons (Fsp3) is 0.385. The van der Waals surface area contributed by atoms with Crippen molar-refractivity contribution < 1.29 is 23.9 Å². The average Bonchev–Trinajstić information content (AvgIpc) is 3.49. The minimum atomic E-state index is -0.694. The lowest BCUT2D eigenvalue weighted by molar-refractivity contribution is -0.123. The zero-order chi connectivity index (χ0) is 24.1. The summed E-state index contributed by atoms with van der Waals surface area (Å²) in [6.07, 6.45) is 2.98. The van der Waals surface area contributed by atoms with E-state index in [2.05, 4.69) is 21.2 Å². The molecule has 0 spiro atoms. The van der Waals surface area contributed by atoms with Gasteiger partial charge in [-0.15, -0.1) is 0 Å². The molecule has 8 heteroatoms. The Balaban J connectivity index is 1.25. The standard InChI is InChI=1S/C26H25BrN2O5/c1-13-9-20(14(2)8-19(13)27)28-21(30)12-34-26(33)17-4-3-5-18(11-17)29-24(31)22-15-6-7-16(10-15)23(22)25(29)32/h3-5,8-9,11,15-16,22-23H,6-7,10,12H2,1-2H3,(H,28,30)/t15-,16-,22-,23-/m0/s1. The molecular weight excluding hydrogens is 500 g/mol. The van der Waals surface area contributed by atoms with Gasteiger partial charge in [-0.3, -0.25) is 19.3 Å². The molecule has 3 fully saturated rings. The molecule has 3 aliphatic rings. The third-order valence-corrected chi connectivity index (χ3v) is 8.24. The highest BCUT2D eigenvalue weighted by molar-refractivity contribution is 9.10. The topological polar surface area (TPSA) is 92.8 Å². The van der Waals surface area contributed by atoms with Crippen molar-refractivity contribution in [1.29, 1.82) is 0 Å². The molecule has 0 aromatic heterocycles. The number of anilines is 2. The third kappa shape index (κ3) is 3.83. The van der Waals surface area contributed by atoms with Crippen LogP contribution in [0.2, 0.25) is 0 Å². The van der Waals surface area contributed by atoms with Crippen LogP contribution in [0.5, 0.6) is 0 Å². The fourth-order valence-corrected chi connectivity index (χ4v) is 6.21. The van der Waals surface area contributed by atoms with Crippen LogP contribution < -0.4 is 10.2 Å². The number of aryl methyl sites for hydroxylation is 2. The van der Waals surface area contributed by atoms with Gasteiger partial charge in [0.15, 0.2) is 6.61 Å². The van der Waals surface area contributed by atoms with Gasteiger partial charge in [0.25, 0.3) is 5.91 Å². The van der Waals surface area contributed by atoms with E-state index in [0.29, 0.717) is 23.2 Å². The Morgan fingerprint density at radius 2 is 1.71 bits per heavy atom. The summed E-state index contributed by atoms with van der Waals surface area (Å²) in [5, 5.41) is 2.75. The van der Waals surface area contributed by atoms with Crippen LogP contribution in [0.3, 0.4) is 0 Å². The monoisotopic (exact) mass is 524 g/mol. The van der Waals surface area contributed by atoms with Crippen molar-refractivity contribution >= 4 is 51.0 Å². The normalized spacial score (nSPS) is 25.0. The van der Waals surface area contributed by atoms with E-state index in [0.717, 1.165) is 34.9 Å². The first kappa shape index (κ1) is 22.8. The highest BCUT2D eigenvalue weighted by Gasteiger charge is 2.61. The number of imide groups is 1. The van der Waals surface area contributed by atoms with E-state index in [9.17, 15) is 19.2 Å². The number of amides is 3. The van der Waals surface area contributed by atoms with Crippen LogP contribution in [-0.2, 0) is 19.1 Å². The lowest BCUT2D eigenvalue weighted by atomic mass is 9.81. The Kier molecular flexibility index (Phi) is 5.80. The number of fused-ring (bicyclic) bond motifs is 5. The van der Waals surface area contributed by atoms with Gasteiger partial charge in [0.2, 0.25) is 11.8 Å². The SMILES string of the molecule is Cc1cc(NC(=O)COC(=O)c2cccc(N3C(=O)[C@H]4[C@H]5CC[C@@H](C5)[C@@H]4C3=O)c2)c(C)cc1Br. The van der Waals surface area contributed by atoms with E-state index < -0.39 is 18.5 Å². The number of esters is 1. The Bertz CT molecular complexity index is 1200. The third-order valence-electron chi connectivity index (χ3n) is 7.38. The minimum Gasteiger partial charge on any atom is -0.452 e. The molecule has 1 N–H and O–H groups in total.